The Morgan fingerprint density at radius 2 is 1.57 bits per heavy atom. The summed E-state index contributed by atoms with van der Waals surface area (Å²) in [5.41, 5.74) is 0.712. The maximum Gasteiger partial charge on any atom is 0.264 e. The highest BCUT2D eigenvalue weighted by Gasteiger charge is 2.34. The van der Waals surface area contributed by atoms with E-state index in [1.165, 1.54) is 23.1 Å². The topological polar surface area (TPSA) is 86.8 Å². The molecule has 1 aliphatic rings. The van der Waals surface area contributed by atoms with Gasteiger partial charge in [-0.1, -0.05) is 84.0 Å². The fourth-order valence-corrected chi connectivity index (χ4v) is 6.91. The average Bonchev–Trinajstić information content (AvgIpc) is 3.45. The summed E-state index contributed by atoms with van der Waals surface area (Å²) < 4.78 is 28.6. The molecule has 0 aliphatic heterocycles. The minimum absolute atomic E-state index is 0.00189. The van der Waals surface area contributed by atoms with E-state index in [1.54, 1.807) is 61.5 Å². The number of hydrogen-bond acceptors (Lipinski definition) is 4. The first-order valence-electron chi connectivity index (χ1n) is 12.9. The van der Waals surface area contributed by atoms with Crippen molar-refractivity contribution in [2.24, 2.45) is 0 Å². The number of anilines is 1. The molecule has 0 spiro atoms. The summed E-state index contributed by atoms with van der Waals surface area (Å²) in [6, 6.07) is 18.2. The molecule has 0 bridgehead atoms. The number of sulfonamides is 1. The van der Waals surface area contributed by atoms with Gasteiger partial charge in [-0.25, -0.2) is 8.42 Å². The third-order valence-electron chi connectivity index (χ3n) is 6.96. The summed E-state index contributed by atoms with van der Waals surface area (Å²) in [5.74, 6) is -0.917. The maximum absolute atomic E-state index is 14.0. The molecule has 0 heterocycles. The van der Waals surface area contributed by atoms with Crippen LogP contribution in [-0.4, -0.2) is 43.8 Å². The molecule has 0 aromatic heterocycles. The molecule has 0 radical (unpaired) electrons. The molecule has 3 aromatic rings. The third kappa shape index (κ3) is 7.10. The van der Waals surface area contributed by atoms with Gasteiger partial charge in [0.2, 0.25) is 11.8 Å². The quantitative estimate of drug-likeness (QED) is 0.287. The molecule has 1 saturated carbocycles. The molecule has 11 heteroatoms. The smallest absolute Gasteiger partial charge is 0.264 e. The van der Waals surface area contributed by atoms with Crippen LogP contribution in [0.3, 0.4) is 0 Å². The third-order valence-corrected chi connectivity index (χ3v) is 9.64. The van der Waals surface area contributed by atoms with E-state index >= 15 is 0 Å². The van der Waals surface area contributed by atoms with E-state index in [-0.39, 0.29) is 34.1 Å². The van der Waals surface area contributed by atoms with Crippen molar-refractivity contribution in [3.8, 4) is 0 Å². The number of carbonyl (C=O) groups excluding carboxylic acids is 2. The highest BCUT2D eigenvalue weighted by molar-refractivity contribution is 7.92. The van der Waals surface area contributed by atoms with Gasteiger partial charge in [0.15, 0.2) is 0 Å². The Kier molecular flexibility index (Phi) is 10.0. The van der Waals surface area contributed by atoms with Gasteiger partial charge in [-0.2, -0.15) is 0 Å². The van der Waals surface area contributed by atoms with Crippen molar-refractivity contribution in [3.05, 3.63) is 93.4 Å². The average molecular weight is 623 g/mol. The van der Waals surface area contributed by atoms with Crippen LogP contribution in [0.5, 0.6) is 0 Å². The van der Waals surface area contributed by atoms with Gasteiger partial charge in [-0.05, 0) is 61.7 Å². The zero-order valence-electron chi connectivity index (χ0n) is 21.9. The molecule has 2 amide bonds. The largest absolute Gasteiger partial charge is 0.352 e. The summed E-state index contributed by atoms with van der Waals surface area (Å²) >= 11 is 18.9. The van der Waals surface area contributed by atoms with E-state index in [1.807, 2.05) is 0 Å². The first-order chi connectivity index (χ1) is 19.1. The summed E-state index contributed by atoms with van der Waals surface area (Å²) in [6.07, 6.45) is 3.83. The number of benzene rings is 3. The van der Waals surface area contributed by atoms with E-state index < -0.39 is 28.5 Å². The second kappa shape index (κ2) is 13.3. The van der Waals surface area contributed by atoms with Crippen molar-refractivity contribution in [2.45, 2.75) is 56.1 Å². The molecule has 1 atom stereocenters. The predicted molar refractivity (Wildman–Crippen MR) is 159 cm³/mol. The Morgan fingerprint density at radius 3 is 2.23 bits per heavy atom. The van der Waals surface area contributed by atoms with Crippen molar-refractivity contribution >= 4 is 62.3 Å². The highest BCUT2D eigenvalue weighted by atomic mass is 35.5. The van der Waals surface area contributed by atoms with Gasteiger partial charge in [0.25, 0.3) is 10.0 Å². The van der Waals surface area contributed by atoms with Crippen LogP contribution in [-0.2, 0) is 26.2 Å². The second-order valence-electron chi connectivity index (χ2n) is 9.70. The SMILES string of the molecule is C[C@@H](C(=O)NC1CCCC1)N(Cc1ccc(Cl)cc1Cl)C(=O)CN(c1ccccc1Cl)S(=O)(=O)c1ccccc1. The minimum Gasteiger partial charge on any atom is -0.352 e. The number of hydrogen-bond donors (Lipinski definition) is 1. The number of carbonyl (C=O) groups is 2. The van der Waals surface area contributed by atoms with Crippen molar-refractivity contribution in [1.29, 1.82) is 0 Å². The van der Waals surface area contributed by atoms with Gasteiger partial charge in [0.1, 0.15) is 12.6 Å². The second-order valence-corrected chi connectivity index (χ2v) is 12.8. The van der Waals surface area contributed by atoms with Gasteiger partial charge in [-0.3, -0.25) is 13.9 Å². The first-order valence-corrected chi connectivity index (χ1v) is 15.5. The molecule has 1 N–H and O–H groups in total. The number of para-hydroxylation sites is 1. The molecule has 0 saturated heterocycles. The summed E-state index contributed by atoms with van der Waals surface area (Å²) in [5, 5.41) is 3.95. The summed E-state index contributed by atoms with van der Waals surface area (Å²) in [6.45, 7) is 1.00. The summed E-state index contributed by atoms with van der Waals surface area (Å²) in [7, 11) is -4.20. The normalized spacial score (nSPS) is 14.5. The lowest BCUT2D eigenvalue weighted by atomic mass is 10.1. The van der Waals surface area contributed by atoms with E-state index in [9.17, 15) is 18.0 Å². The van der Waals surface area contributed by atoms with E-state index in [0.717, 1.165) is 30.0 Å². The van der Waals surface area contributed by atoms with Gasteiger partial charge < -0.3 is 10.2 Å². The van der Waals surface area contributed by atoms with E-state index in [2.05, 4.69) is 5.32 Å². The molecule has 0 unspecified atom stereocenters. The van der Waals surface area contributed by atoms with Gasteiger partial charge in [0.05, 0.1) is 15.6 Å². The minimum atomic E-state index is -4.20. The number of halogens is 3. The van der Waals surface area contributed by atoms with Gasteiger partial charge in [0, 0.05) is 22.6 Å². The molecule has 3 aromatic carbocycles. The standard InChI is InChI=1S/C29H30Cl3N3O4S/c1-20(29(37)33-23-9-5-6-10-23)34(18-21-15-16-22(30)17-26(21)32)28(36)19-35(27-14-8-7-13-25(27)31)40(38,39)24-11-3-2-4-12-24/h2-4,7-8,11-17,20,23H,5-6,9-10,18-19H2,1H3,(H,33,37)/t20-/m0/s1. The number of nitrogens with zero attached hydrogens (tertiary/aromatic N) is 2. The van der Waals surface area contributed by atoms with Crippen molar-refractivity contribution in [3.63, 3.8) is 0 Å². The van der Waals surface area contributed by atoms with Crippen LogP contribution in [0.4, 0.5) is 5.69 Å². The lowest BCUT2D eigenvalue weighted by molar-refractivity contribution is -0.139. The highest BCUT2D eigenvalue weighted by Crippen LogP contribution is 2.31. The predicted octanol–water partition coefficient (Wildman–Crippen LogP) is 6.32. The molecule has 1 fully saturated rings. The monoisotopic (exact) mass is 621 g/mol. The molecule has 4 rings (SSSR count). The van der Waals surface area contributed by atoms with E-state index in [4.69, 9.17) is 34.8 Å². The lowest BCUT2D eigenvalue weighted by Gasteiger charge is -2.33. The van der Waals surface area contributed by atoms with Crippen molar-refractivity contribution in [2.75, 3.05) is 10.8 Å². The van der Waals surface area contributed by atoms with Crippen LogP contribution in [0, 0.1) is 0 Å². The molecule has 1 aliphatic carbocycles. The Hall–Kier alpha value is -2.78. The molecular weight excluding hydrogens is 593 g/mol. The van der Waals surface area contributed by atoms with Gasteiger partial charge >= 0.3 is 0 Å². The summed E-state index contributed by atoms with van der Waals surface area (Å²) in [4.78, 5) is 28.6. The van der Waals surface area contributed by atoms with Crippen molar-refractivity contribution in [1.82, 2.24) is 10.2 Å². The Labute approximate surface area is 250 Å². The first kappa shape index (κ1) is 30.2. The number of rotatable bonds is 10. The fraction of sp³-hybridized carbons (Fsp3) is 0.310. The number of amides is 2. The van der Waals surface area contributed by atoms with Crippen molar-refractivity contribution < 1.29 is 18.0 Å². The molecule has 212 valence electrons. The Morgan fingerprint density at radius 1 is 0.925 bits per heavy atom. The van der Waals surface area contributed by atoms with Gasteiger partial charge in [-0.15, -0.1) is 0 Å². The van der Waals surface area contributed by atoms with Crippen LogP contribution < -0.4 is 9.62 Å². The zero-order valence-corrected chi connectivity index (χ0v) is 25.0. The lowest BCUT2D eigenvalue weighted by Crippen LogP contribution is -2.52. The number of nitrogens with one attached hydrogen (secondary N) is 1. The maximum atomic E-state index is 14.0. The molecule has 40 heavy (non-hydrogen) atoms. The van der Waals surface area contributed by atoms with Crippen LogP contribution in [0.2, 0.25) is 15.1 Å². The van der Waals surface area contributed by atoms with Crippen LogP contribution >= 0.6 is 34.8 Å². The van der Waals surface area contributed by atoms with Crippen LogP contribution in [0.25, 0.3) is 0 Å². The Bertz CT molecular complexity index is 1460. The van der Waals surface area contributed by atoms with Crippen LogP contribution in [0.15, 0.2) is 77.7 Å². The fourth-order valence-electron chi connectivity index (χ4n) is 4.69. The molecule has 7 nitrogen and oxygen atoms in total. The molecular formula is C29H30Cl3N3O4S. The zero-order chi connectivity index (χ0) is 28.9. The van der Waals surface area contributed by atoms with E-state index in [0.29, 0.717) is 15.6 Å². The Balaban J connectivity index is 1.70. The van der Waals surface area contributed by atoms with Crippen LogP contribution in [0.1, 0.15) is 38.2 Å².